The Bertz CT molecular complexity index is 1280. The highest BCUT2D eigenvalue weighted by Crippen LogP contribution is 2.38. The molecule has 0 saturated carbocycles. The van der Waals surface area contributed by atoms with E-state index in [2.05, 4.69) is 48.5 Å². The van der Waals surface area contributed by atoms with Crippen LogP contribution in [0.4, 0.5) is 0 Å². The maximum atomic E-state index is 9.00. The second kappa shape index (κ2) is 6.91. The molecule has 0 atom stereocenters. The smallest absolute Gasteiger partial charge is 0.535 e. The van der Waals surface area contributed by atoms with Gasteiger partial charge in [-0.15, -0.1) is 0 Å². The van der Waals surface area contributed by atoms with Crippen molar-refractivity contribution >= 4 is 29.6 Å². The van der Waals surface area contributed by atoms with Crippen LogP contribution in [0.25, 0.3) is 44.2 Å². The van der Waals surface area contributed by atoms with Crippen LogP contribution in [0.15, 0.2) is 95.4 Å². The maximum absolute atomic E-state index is 9.00. The third kappa shape index (κ3) is 2.75. The van der Waals surface area contributed by atoms with Crippen LogP contribution >= 0.6 is 0 Å². The molecular formula is C24H16BO3. The molecule has 0 bridgehead atoms. The first-order valence-corrected chi connectivity index (χ1v) is 9.08. The topological polar surface area (TPSA) is 42.6 Å². The fourth-order valence-electron chi connectivity index (χ4n) is 3.69. The second-order valence-electron chi connectivity index (χ2n) is 6.58. The molecule has 0 amide bonds. The van der Waals surface area contributed by atoms with E-state index >= 15 is 0 Å². The molecule has 0 aliphatic heterocycles. The van der Waals surface area contributed by atoms with Gasteiger partial charge in [0.15, 0.2) is 5.58 Å². The highest BCUT2D eigenvalue weighted by molar-refractivity contribution is 6.18. The van der Waals surface area contributed by atoms with Gasteiger partial charge in [0.05, 0.1) is 0 Å². The number of benzene rings is 4. The molecule has 0 fully saturated rings. The minimum atomic E-state index is 0.488. The summed E-state index contributed by atoms with van der Waals surface area (Å²) in [4.78, 5) is 0. The van der Waals surface area contributed by atoms with Gasteiger partial charge in [-0.3, -0.25) is 0 Å². The minimum absolute atomic E-state index is 0.488. The number of hydrogen-bond donors (Lipinski definition) is 1. The molecule has 4 aromatic carbocycles. The zero-order valence-electron chi connectivity index (χ0n) is 15.0. The predicted molar refractivity (Wildman–Crippen MR) is 113 cm³/mol. The average molecular weight is 363 g/mol. The molecule has 3 nitrogen and oxygen atoms in total. The first-order chi connectivity index (χ1) is 13.8. The largest absolute Gasteiger partial charge is 0.569 e. The van der Waals surface area contributed by atoms with Crippen molar-refractivity contribution in [2.75, 3.05) is 0 Å². The lowest BCUT2D eigenvalue weighted by Gasteiger charge is -2.10. The summed E-state index contributed by atoms with van der Waals surface area (Å²) in [6, 6.07) is 30.6. The van der Waals surface area contributed by atoms with Crippen molar-refractivity contribution in [3.05, 3.63) is 91.0 Å². The minimum Gasteiger partial charge on any atom is -0.535 e. The third-order valence-corrected chi connectivity index (χ3v) is 4.97. The summed E-state index contributed by atoms with van der Waals surface area (Å²) in [5.41, 5.74) is 5.99. The van der Waals surface area contributed by atoms with Gasteiger partial charge < -0.3 is 14.1 Å². The molecule has 0 unspecified atom stereocenters. The van der Waals surface area contributed by atoms with E-state index in [0.29, 0.717) is 19.0 Å². The van der Waals surface area contributed by atoms with Crippen LogP contribution in [0.2, 0.25) is 0 Å². The lowest BCUT2D eigenvalue weighted by Crippen LogP contribution is -1.99. The van der Waals surface area contributed by atoms with Gasteiger partial charge in [0.2, 0.25) is 0 Å². The highest BCUT2D eigenvalue weighted by atomic mass is 16.5. The Balaban J connectivity index is 1.70. The van der Waals surface area contributed by atoms with Crippen LogP contribution in [-0.2, 0) is 0 Å². The Hall–Kier alpha value is -3.50. The van der Waals surface area contributed by atoms with Crippen molar-refractivity contribution in [1.82, 2.24) is 0 Å². The van der Waals surface area contributed by atoms with Crippen LogP contribution in [0.1, 0.15) is 0 Å². The second-order valence-corrected chi connectivity index (χ2v) is 6.58. The Morgan fingerprint density at radius 3 is 2.21 bits per heavy atom. The van der Waals surface area contributed by atoms with Crippen LogP contribution in [0, 0.1) is 0 Å². The fraction of sp³-hybridized carbons (Fsp3) is 0. The molecule has 1 N–H and O–H groups in total. The number of furan rings is 1. The van der Waals surface area contributed by atoms with E-state index < -0.39 is 0 Å². The fourth-order valence-corrected chi connectivity index (χ4v) is 3.69. The Morgan fingerprint density at radius 1 is 0.679 bits per heavy atom. The average Bonchev–Trinajstić information content (AvgIpc) is 3.13. The number of fused-ring (bicyclic) bond motifs is 3. The van der Waals surface area contributed by atoms with Crippen molar-refractivity contribution in [3.8, 4) is 28.0 Å². The molecule has 0 aliphatic carbocycles. The van der Waals surface area contributed by atoms with Crippen molar-refractivity contribution in [1.29, 1.82) is 0 Å². The van der Waals surface area contributed by atoms with Crippen LogP contribution in [0.3, 0.4) is 0 Å². The van der Waals surface area contributed by atoms with E-state index in [9.17, 15) is 0 Å². The number of para-hydroxylation sites is 1. The Morgan fingerprint density at radius 2 is 1.43 bits per heavy atom. The Kier molecular flexibility index (Phi) is 4.11. The zero-order chi connectivity index (χ0) is 18.9. The molecule has 5 aromatic rings. The van der Waals surface area contributed by atoms with Gasteiger partial charge in [-0.05, 0) is 40.5 Å². The van der Waals surface area contributed by atoms with Crippen LogP contribution in [-0.4, -0.2) is 12.7 Å². The summed E-state index contributed by atoms with van der Waals surface area (Å²) < 4.78 is 11.3. The van der Waals surface area contributed by atoms with E-state index in [1.807, 2.05) is 36.4 Å². The van der Waals surface area contributed by atoms with E-state index in [0.717, 1.165) is 27.5 Å². The van der Waals surface area contributed by atoms with Crippen molar-refractivity contribution in [2.45, 2.75) is 0 Å². The summed E-state index contributed by atoms with van der Waals surface area (Å²) in [6.07, 6.45) is 0. The van der Waals surface area contributed by atoms with Gasteiger partial charge >= 0.3 is 7.69 Å². The van der Waals surface area contributed by atoms with Crippen LogP contribution < -0.4 is 4.65 Å². The van der Waals surface area contributed by atoms with E-state index in [4.69, 9.17) is 14.1 Å². The van der Waals surface area contributed by atoms with Crippen molar-refractivity contribution in [2.24, 2.45) is 0 Å². The first kappa shape index (κ1) is 16.7. The summed E-state index contributed by atoms with van der Waals surface area (Å²) in [5.74, 6) is 0.488. The summed E-state index contributed by atoms with van der Waals surface area (Å²) in [5, 5.41) is 11.0. The number of rotatable bonds is 4. The zero-order valence-corrected chi connectivity index (χ0v) is 15.0. The first-order valence-electron chi connectivity index (χ1n) is 9.08. The van der Waals surface area contributed by atoms with Gasteiger partial charge in [0, 0.05) is 10.8 Å². The molecule has 0 spiro atoms. The van der Waals surface area contributed by atoms with Gasteiger partial charge in [0.1, 0.15) is 11.3 Å². The van der Waals surface area contributed by atoms with Crippen molar-refractivity contribution < 1.29 is 14.1 Å². The van der Waals surface area contributed by atoms with E-state index in [1.54, 1.807) is 6.07 Å². The molecule has 4 heteroatoms. The highest BCUT2D eigenvalue weighted by Gasteiger charge is 2.14. The van der Waals surface area contributed by atoms with Gasteiger partial charge in [-0.25, -0.2) is 0 Å². The summed E-state index contributed by atoms with van der Waals surface area (Å²) in [6.45, 7) is 0. The predicted octanol–water partition coefficient (Wildman–Crippen LogP) is 5.83. The lowest BCUT2D eigenvalue weighted by molar-refractivity contribution is 0.451. The molecule has 1 radical (unpaired) electrons. The van der Waals surface area contributed by atoms with Crippen molar-refractivity contribution in [3.63, 3.8) is 0 Å². The summed E-state index contributed by atoms with van der Waals surface area (Å²) in [7, 11) is 0.670. The molecule has 5 rings (SSSR count). The van der Waals surface area contributed by atoms with Gasteiger partial charge in [0.25, 0.3) is 0 Å². The van der Waals surface area contributed by atoms with Crippen LogP contribution in [0.5, 0.6) is 5.75 Å². The standard InChI is InChI=1S/C24H16BO3/c26-25-28-22-12-6-11-21-20-14-13-17(15-23(20)27-24(21)22)19-10-5-4-9-18(19)16-7-2-1-3-8-16/h1-15,26H. The number of hydrogen-bond acceptors (Lipinski definition) is 3. The molecule has 0 aliphatic rings. The quantitative estimate of drug-likeness (QED) is 0.409. The van der Waals surface area contributed by atoms with Gasteiger partial charge in [-0.1, -0.05) is 72.8 Å². The molecule has 133 valence electrons. The molecular weight excluding hydrogens is 347 g/mol. The maximum Gasteiger partial charge on any atom is 0.569 e. The summed E-state index contributed by atoms with van der Waals surface area (Å²) >= 11 is 0. The SMILES string of the molecule is O[B]Oc1cccc2c1oc1cc(-c3ccccc3-c3ccccc3)ccc12. The van der Waals surface area contributed by atoms with E-state index in [1.165, 1.54) is 11.1 Å². The molecule has 28 heavy (non-hydrogen) atoms. The molecule has 1 heterocycles. The monoisotopic (exact) mass is 363 g/mol. The van der Waals surface area contributed by atoms with E-state index in [-0.39, 0.29) is 0 Å². The normalized spacial score (nSPS) is 11.0. The Labute approximate surface area is 163 Å². The van der Waals surface area contributed by atoms with Gasteiger partial charge in [-0.2, -0.15) is 0 Å². The molecule has 1 aromatic heterocycles. The molecule has 0 saturated heterocycles. The lowest BCUT2D eigenvalue weighted by atomic mass is 9.94. The third-order valence-electron chi connectivity index (χ3n) is 4.97.